The lowest BCUT2D eigenvalue weighted by Gasteiger charge is -2.38. The molecule has 10 heteroatoms. The fourth-order valence-corrected chi connectivity index (χ4v) is 7.31. The van der Waals surface area contributed by atoms with E-state index in [1.54, 1.807) is 16.3 Å². The van der Waals surface area contributed by atoms with Crippen LogP contribution in [0.1, 0.15) is 48.2 Å². The molecule has 4 heterocycles. The van der Waals surface area contributed by atoms with Gasteiger partial charge in [-0.1, -0.05) is 6.42 Å². The van der Waals surface area contributed by atoms with Crippen LogP contribution < -0.4 is 0 Å². The van der Waals surface area contributed by atoms with Gasteiger partial charge in [0.25, 0.3) is 5.91 Å². The van der Waals surface area contributed by atoms with Crippen molar-refractivity contribution in [1.82, 2.24) is 19.0 Å². The molecule has 3 aliphatic heterocycles. The molecule has 0 unspecified atom stereocenters. The standard InChI is InChI=1S/C20H30N4O4S2/c25-19(18-17(7-16-29-18)30(27,28)24-10-5-2-6-11-24)21-12-14-23(15-13-21)20(26)22-8-3-1-4-9-22/h7,16H,1-6,8-15H2. The topological polar surface area (TPSA) is 81.2 Å². The summed E-state index contributed by atoms with van der Waals surface area (Å²) in [6, 6.07) is 1.61. The summed E-state index contributed by atoms with van der Waals surface area (Å²) in [7, 11) is -3.65. The Morgan fingerprint density at radius 1 is 0.733 bits per heavy atom. The van der Waals surface area contributed by atoms with E-state index < -0.39 is 10.0 Å². The van der Waals surface area contributed by atoms with Gasteiger partial charge in [-0.2, -0.15) is 4.31 Å². The highest BCUT2D eigenvalue weighted by Crippen LogP contribution is 2.29. The number of amides is 3. The Hall–Kier alpha value is -1.65. The Kier molecular flexibility index (Phi) is 6.64. The second-order valence-electron chi connectivity index (χ2n) is 8.19. The lowest BCUT2D eigenvalue weighted by Crippen LogP contribution is -2.54. The number of piperidine rings is 2. The molecule has 3 amide bonds. The van der Waals surface area contributed by atoms with Gasteiger partial charge >= 0.3 is 6.03 Å². The number of hydrogen-bond donors (Lipinski definition) is 0. The Bertz CT molecular complexity index is 865. The molecule has 3 saturated heterocycles. The quantitative estimate of drug-likeness (QED) is 0.702. The van der Waals surface area contributed by atoms with Gasteiger partial charge in [0, 0.05) is 52.4 Å². The van der Waals surface area contributed by atoms with Crippen LogP contribution in [0.4, 0.5) is 4.79 Å². The molecule has 3 fully saturated rings. The van der Waals surface area contributed by atoms with Gasteiger partial charge in [-0.15, -0.1) is 11.3 Å². The van der Waals surface area contributed by atoms with Crippen molar-refractivity contribution in [2.75, 3.05) is 52.4 Å². The average molecular weight is 455 g/mol. The molecule has 0 radical (unpaired) electrons. The van der Waals surface area contributed by atoms with Crippen molar-refractivity contribution in [3.05, 3.63) is 16.3 Å². The molecule has 4 rings (SSSR count). The van der Waals surface area contributed by atoms with Gasteiger partial charge in [0.1, 0.15) is 9.77 Å². The van der Waals surface area contributed by atoms with Crippen LogP contribution in [-0.4, -0.2) is 91.7 Å². The number of rotatable bonds is 3. The van der Waals surface area contributed by atoms with Crippen molar-refractivity contribution >= 4 is 33.3 Å². The van der Waals surface area contributed by atoms with Gasteiger partial charge in [0.2, 0.25) is 10.0 Å². The first kappa shape index (κ1) is 21.6. The fraction of sp³-hybridized carbons (Fsp3) is 0.700. The Labute approximate surface area is 182 Å². The van der Waals surface area contributed by atoms with E-state index >= 15 is 0 Å². The molecule has 0 aliphatic carbocycles. The lowest BCUT2D eigenvalue weighted by atomic mass is 10.1. The highest BCUT2D eigenvalue weighted by atomic mass is 32.2. The minimum atomic E-state index is -3.65. The third-order valence-corrected chi connectivity index (χ3v) is 9.19. The number of urea groups is 1. The van der Waals surface area contributed by atoms with E-state index in [1.165, 1.54) is 22.1 Å². The summed E-state index contributed by atoms with van der Waals surface area (Å²) in [6.45, 7) is 4.49. The Balaban J connectivity index is 1.40. The zero-order valence-electron chi connectivity index (χ0n) is 17.3. The number of carbonyl (C=O) groups is 2. The monoisotopic (exact) mass is 454 g/mol. The number of thiophene rings is 1. The van der Waals surface area contributed by atoms with Crippen molar-refractivity contribution in [3.8, 4) is 0 Å². The van der Waals surface area contributed by atoms with E-state index in [-0.39, 0.29) is 21.7 Å². The molecule has 0 spiro atoms. The second-order valence-corrected chi connectivity index (χ2v) is 11.0. The molecule has 30 heavy (non-hydrogen) atoms. The summed E-state index contributed by atoms with van der Waals surface area (Å²) in [5.74, 6) is -0.245. The maximum atomic E-state index is 13.1. The third-order valence-electron chi connectivity index (χ3n) is 6.22. The minimum absolute atomic E-state index is 0.0614. The number of hydrogen-bond acceptors (Lipinski definition) is 5. The zero-order chi connectivity index (χ0) is 21.1. The molecule has 0 aromatic carbocycles. The van der Waals surface area contributed by atoms with Crippen molar-refractivity contribution in [3.63, 3.8) is 0 Å². The maximum absolute atomic E-state index is 13.1. The molecule has 0 N–H and O–H groups in total. The molecule has 3 aliphatic rings. The molecule has 1 aromatic rings. The van der Waals surface area contributed by atoms with Crippen molar-refractivity contribution in [2.24, 2.45) is 0 Å². The van der Waals surface area contributed by atoms with E-state index in [4.69, 9.17) is 0 Å². The summed E-state index contributed by atoms with van der Waals surface area (Å²) < 4.78 is 27.7. The number of nitrogens with zero attached hydrogens (tertiary/aromatic N) is 4. The molecule has 0 saturated carbocycles. The van der Waals surface area contributed by atoms with Crippen LogP contribution in [0.3, 0.4) is 0 Å². The van der Waals surface area contributed by atoms with E-state index in [9.17, 15) is 18.0 Å². The second kappa shape index (κ2) is 9.23. The normalized spacial score (nSPS) is 21.7. The fourth-order valence-electron chi connectivity index (χ4n) is 4.43. The van der Waals surface area contributed by atoms with Crippen molar-refractivity contribution in [1.29, 1.82) is 0 Å². The van der Waals surface area contributed by atoms with Gasteiger partial charge < -0.3 is 14.7 Å². The highest BCUT2D eigenvalue weighted by Gasteiger charge is 2.34. The molecule has 0 bridgehead atoms. The van der Waals surface area contributed by atoms with E-state index in [1.807, 2.05) is 9.80 Å². The number of sulfonamides is 1. The van der Waals surface area contributed by atoms with E-state index in [0.717, 1.165) is 45.2 Å². The molecule has 0 atom stereocenters. The van der Waals surface area contributed by atoms with Gasteiger partial charge in [-0.25, -0.2) is 13.2 Å². The van der Waals surface area contributed by atoms with Crippen LogP contribution in [0.5, 0.6) is 0 Å². The summed E-state index contributed by atoms with van der Waals surface area (Å²) in [5, 5.41) is 1.68. The first-order chi connectivity index (χ1) is 14.5. The predicted molar refractivity (Wildman–Crippen MR) is 115 cm³/mol. The van der Waals surface area contributed by atoms with Gasteiger partial charge in [0.15, 0.2) is 0 Å². The Morgan fingerprint density at radius 2 is 1.27 bits per heavy atom. The summed E-state index contributed by atoms with van der Waals surface area (Å²) in [6.07, 6.45) is 6.05. The van der Waals surface area contributed by atoms with Crippen molar-refractivity contribution in [2.45, 2.75) is 43.4 Å². The first-order valence-corrected chi connectivity index (χ1v) is 13.2. The van der Waals surface area contributed by atoms with Crippen LogP contribution >= 0.6 is 11.3 Å². The predicted octanol–water partition coefficient (Wildman–Crippen LogP) is 2.29. The van der Waals surface area contributed by atoms with Gasteiger partial charge in [-0.05, 0) is 43.6 Å². The SMILES string of the molecule is O=C(c1sccc1S(=O)(=O)N1CCCCC1)N1CCN(C(=O)N2CCCCC2)CC1. The minimum Gasteiger partial charge on any atom is -0.334 e. The smallest absolute Gasteiger partial charge is 0.320 e. The van der Waals surface area contributed by atoms with E-state index in [2.05, 4.69) is 0 Å². The summed E-state index contributed by atoms with van der Waals surface area (Å²) in [5.41, 5.74) is 0. The average Bonchev–Trinajstić information content (AvgIpc) is 3.30. The highest BCUT2D eigenvalue weighted by molar-refractivity contribution is 7.89. The van der Waals surface area contributed by atoms with Crippen molar-refractivity contribution < 1.29 is 18.0 Å². The van der Waals surface area contributed by atoms with Crippen LogP contribution in [0, 0.1) is 0 Å². The van der Waals surface area contributed by atoms with Gasteiger partial charge in [0.05, 0.1) is 0 Å². The number of piperazine rings is 1. The molecule has 8 nitrogen and oxygen atoms in total. The zero-order valence-corrected chi connectivity index (χ0v) is 18.9. The van der Waals surface area contributed by atoms with Crippen LogP contribution in [0.15, 0.2) is 16.3 Å². The number of carbonyl (C=O) groups excluding carboxylic acids is 2. The molecular weight excluding hydrogens is 424 g/mol. The maximum Gasteiger partial charge on any atom is 0.320 e. The number of likely N-dealkylation sites (tertiary alicyclic amines) is 1. The van der Waals surface area contributed by atoms with Crippen LogP contribution in [-0.2, 0) is 10.0 Å². The van der Waals surface area contributed by atoms with Crippen LogP contribution in [0.2, 0.25) is 0 Å². The summed E-state index contributed by atoms with van der Waals surface area (Å²) >= 11 is 1.19. The first-order valence-electron chi connectivity index (χ1n) is 10.9. The summed E-state index contributed by atoms with van der Waals surface area (Å²) in [4.78, 5) is 31.6. The molecule has 1 aromatic heterocycles. The molecule has 166 valence electrons. The lowest BCUT2D eigenvalue weighted by molar-refractivity contribution is 0.0634. The van der Waals surface area contributed by atoms with Crippen LogP contribution in [0.25, 0.3) is 0 Å². The van der Waals surface area contributed by atoms with E-state index in [0.29, 0.717) is 39.3 Å². The Morgan fingerprint density at radius 3 is 1.90 bits per heavy atom. The third kappa shape index (κ3) is 4.36. The largest absolute Gasteiger partial charge is 0.334 e. The van der Waals surface area contributed by atoms with Gasteiger partial charge in [-0.3, -0.25) is 4.79 Å². The molecular formula is C20H30N4O4S2.